The first-order valence-electron chi connectivity index (χ1n) is 9.62. The summed E-state index contributed by atoms with van der Waals surface area (Å²) in [5, 5.41) is 13.1. The number of benzene rings is 2. The van der Waals surface area contributed by atoms with Gasteiger partial charge in [-0.15, -0.1) is 11.3 Å². The van der Waals surface area contributed by atoms with Gasteiger partial charge in [0.1, 0.15) is 11.5 Å². The van der Waals surface area contributed by atoms with Gasteiger partial charge in [0, 0.05) is 14.9 Å². The number of carbonyl (C=O) groups excluding carboxylic acids is 2. The van der Waals surface area contributed by atoms with E-state index in [0.717, 1.165) is 20.5 Å². The Kier molecular flexibility index (Phi) is 5.98. The number of rotatable bonds is 5. The summed E-state index contributed by atoms with van der Waals surface area (Å²) in [6.07, 6.45) is 0. The smallest absolute Gasteiger partial charge is 0.295 e. The van der Waals surface area contributed by atoms with Gasteiger partial charge in [-0.3, -0.25) is 9.59 Å². The lowest BCUT2D eigenvalue weighted by atomic mass is 9.95. The molecule has 2 heterocycles. The minimum absolute atomic E-state index is 0.0912. The molecule has 1 fully saturated rings. The first-order chi connectivity index (χ1) is 14.9. The third-order valence-corrected chi connectivity index (χ3v) is 7.06. The highest BCUT2D eigenvalue weighted by molar-refractivity contribution is 9.10. The molecular formula is C24H20BrNO4S. The lowest BCUT2D eigenvalue weighted by molar-refractivity contribution is -0.140. The first kappa shape index (κ1) is 21.3. The van der Waals surface area contributed by atoms with Gasteiger partial charge < -0.3 is 14.7 Å². The van der Waals surface area contributed by atoms with E-state index in [-0.39, 0.29) is 17.9 Å². The summed E-state index contributed by atoms with van der Waals surface area (Å²) < 4.78 is 6.14. The highest BCUT2D eigenvalue weighted by Crippen LogP contribution is 2.41. The average molecular weight is 498 g/mol. The fourth-order valence-corrected chi connectivity index (χ4v) is 4.64. The maximum Gasteiger partial charge on any atom is 0.295 e. The topological polar surface area (TPSA) is 66.8 Å². The van der Waals surface area contributed by atoms with Crippen molar-refractivity contribution in [1.82, 2.24) is 4.90 Å². The maximum absolute atomic E-state index is 13.1. The van der Waals surface area contributed by atoms with Crippen molar-refractivity contribution in [2.45, 2.75) is 19.5 Å². The zero-order valence-corrected chi connectivity index (χ0v) is 19.4. The van der Waals surface area contributed by atoms with E-state index in [4.69, 9.17) is 4.74 Å². The number of ketones is 1. The monoisotopic (exact) mass is 497 g/mol. The number of thiophene rings is 1. The fourth-order valence-electron chi connectivity index (χ4n) is 3.69. The summed E-state index contributed by atoms with van der Waals surface area (Å²) in [6.45, 7) is 2.19. The second-order valence-electron chi connectivity index (χ2n) is 7.24. The van der Waals surface area contributed by atoms with Gasteiger partial charge in [0.2, 0.25) is 0 Å². The molecule has 0 bridgehead atoms. The number of halogens is 1. The van der Waals surface area contributed by atoms with E-state index in [0.29, 0.717) is 11.3 Å². The van der Waals surface area contributed by atoms with Gasteiger partial charge >= 0.3 is 0 Å². The maximum atomic E-state index is 13.1. The third kappa shape index (κ3) is 4.03. The molecule has 31 heavy (non-hydrogen) atoms. The van der Waals surface area contributed by atoms with Crippen LogP contribution in [-0.4, -0.2) is 28.8 Å². The van der Waals surface area contributed by atoms with Crippen LogP contribution in [0, 0.1) is 6.92 Å². The lowest BCUT2D eigenvalue weighted by Crippen LogP contribution is -2.28. The molecule has 5 nitrogen and oxygen atoms in total. The summed E-state index contributed by atoms with van der Waals surface area (Å²) in [5.41, 5.74) is 2.23. The van der Waals surface area contributed by atoms with Crippen molar-refractivity contribution in [3.63, 3.8) is 0 Å². The molecule has 1 atom stereocenters. The molecule has 1 aromatic heterocycles. The molecule has 1 N–H and O–H groups in total. The molecule has 0 saturated carbocycles. The number of ether oxygens (including phenoxy) is 1. The third-order valence-electron chi connectivity index (χ3n) is 5.31. The normalized spacial score (nSPS) is 17.9. The quantitative estimate of drug-likeness (QED) is 0.289. The van der Waals surface area contributed by atoms with Crippen LogP contribution in [-0.2, 0) is 16.1 Å². The van der Waals surface area contributed by atoms with Gasteiger partial charge in [0.15, 0.2) is 0 Å². The van der Waals surface area contributed by atoms with Gasteiger partial charge in [0.05, 0.1) is 25.3 Å². The number of hydrogen-bond donors (Lipinski definition) is 1. The number of hydrogen-bond acceptors (Lipinski definition) is 5. The van der Waals surface area contributed by atoms with Gasteiger partial charge in [-0.1, -0.05) is 40.2 Å². The minimum Gasteiger partial charge on any atom is -0.507 e. The molecule has 0 aliphatic carbocycles. The first-order valence-corrected chi connectivity index (χ1v) is 11.3. The summed E-state index contributed by atoms with van der Waals surface area (Å²) in [7, 11) is 1.58. The predicted molar refractivity (Wildman–Crippen MR) is 124 cm³/mol. The van der Waals surface area contributed by atoms with Crippen LogP contribution in [0.25, 0.3) is 5.76 Å². The molecule has 1 aliphatic heterocycles. The van der Waals surface area contributed by atoms with E-state index in [1.165, 1.54) is 16.2 Å². The fraction of sp³-hybridized carbons (Fsp3) is 0.167. The minimum atomic E-state index is -0.697. The van der Waals surface area contributed by atoms with Crippen LogP contribution in [0.2, 0.25) is 0 Å². The molecule has 1 unspecified atom stereocenters. The summed E-state index contributed by atoms with van der Waals surface area (Å²) in [5.74, 6) is -0.814. The predicted octanol–water partition coefficient (Wildman–Crippen LogP) is 5.45. The van der Waals surface area contributed by atoms with E-state index >= 15 is 0 Å². The number of amides is 1. The molecular weight excluding hydrogens is 478 g/mol. The van der Waals surface area contributed by atoms with Crippen LogP contribution in [0.4, 0.5) is 0 Å². The number of carbonyl (C=O) groups is 2. The molecule has 158 valence electrons. The zero-order valence-electron chi connectivity index (χ0n) is 17.0. The van der Waals surface area contributed by atoms with Crippen molar-refractivity contribution in [3.8, 4) is 5.75 Å². The lowest BCUT2D eigenvalue weighted by Gasteiger charge is -2.25. The number of nitrogens with zero attached hydrogens (tertiary/aromatic N) is 1. The van der Waals surface area contributed by atoms with Crippen LogP contribution in [0.3, 0.4) is 0 Å². The van der Waals surface area contributed by atoms with E-state index in [9.17, 15) is 14.7 Å². The Hall–Kier alpha value is -2.90. The Balaban J connectivity index is 1.86. The second kappa shape index (κ2) is 8.69. The van der Waals surface area contributed by atoms with Gasteiger partial charge in [-0.2, -0.15) is 0 Å². The van der Waals surface area contributed by atoms with Crippen molar-refractivity contribution in [1.29, 1.82) is 0 Å². The second-order valence-corrected chi connectivity index (χ2v) is 9.13. The summed E-state index contributed by atoms with van der Waals surface area (Å²) in [4.78, 5) is 28.6. The van der Waals surface area contributed by atoms with Crippen LogP contribution in [0.15, 0.2) is 70.0 Å². The van der Waals surface area contributed by atoms with Crippen molar-refractivity contribution in [2.24, 2.45) is 0 Å². The Morgan fingerprint density at radius 1 is 1.16 bits per heavy atom. The number of aliphatic hydroxyl groups is 1. The molecule has 7 heteroatoms. The highest BCUT2D eigenvalue weighted by Gasteiger charge is 2.46. The summed E-state index contributed by atoms with van der Waals surface area (Å²) in [6, 6.07) is 15.7. The van der Waals surface area contributed by atoms with Crippen molar-refractivity contribution in [3.05, 3.63) is 91.6 Å². The number of Topliss-reactive ketones (excluding diaryl/α,β-unsaturated/α-hetero) is 1. The van der Waals surface area contributed by atoms with Crippen LogP contribution < -0.4 is 4.74 Å². The van der Waals surface area contributed by atoms with Gasteiger partial charge in [-0.25, -0.2) is 0 Å². The van der Waals surface area contributed by atoms with Crippen molar-refractivity contribution in [2.75, 3.05) is 7.11 Å². The number of methoxy groups -OCH3 is 1. The Morgan fingerprint density at radius 2 is 1.90 bits per heavy atom. The molecule has 3 aromatic rings. The standard InChI is InChI=1S/C24H20BrNO4S/c1-14-12-16(7-10-19(14)25)22(27)20-21(15-5-8-17(30-2)9-6-15)26(24(29)23(20)28)13-18-4-3-11-31-18/h3-12,21,27H,13H2,1-2H3/b22-20-. The zero-order chi connectivity index (χ0) is 22.1. The van der Waals surface area contributed by atoms with E-state index in [2.05, 4.69) is 15.9 Å². The number of likely N-dealkylation sites (tertiary alicyclic amines) is 1. The Morgan fingerprint density at radius 3 is 2.52 bits per heavy atom. The van der Waals surface area contributed by atoms with Gasteiger partial charge in [0.25, 0.3) is 11.7 Å². The average Bonchev–Trinajstić information content (AvgIpc) is 3.38. The molecule has 0 spiro atoms. The molecule has 2 aromatic carbocycles. The molecule has 0 radical (unpaired) electrons. The summed E-state index contributed by atoms with van der Waals surface area (Å²) >= 11 is 4.97. The SMILES string of the molecule is COc1ccc(C2/C(=C(/O)c3ccc(Br)c(C)c3)C(=O)C(=O)N2Cc2cccs2)cc1. The van der Waals surface area contributed by atoms with E-state index < -0.39 is 17.7 Å². The molecule has 1 saturated heterocycles. The van der Waals surface area contributed by atoms with Crippen LogP contribution >= 0.6 is 27.3 Å². The Labute approximate surface area is 192 Å². The van der Waals surface area contributed by atoms with Crippen molar-refractivity contribution < 1.29 is 19.4 Å². The van der Waals surface area contributed by atoms with Crippen LogP contribution in [0.5, 0.6) is 5.75 Å². The molecule has 1 amide bonds. The van der Waals surface area contributed by atoms with Crippen molar-refractivity contribution >= 4 is 44.7 Å². The number of aliphatic hydroxyl groups excluding tert-OH is 1. The van der Waals surface area contributed by atoms with E-state index in [1.807, 2.05) is 42.6 Å². The van der Waals surface area contributed by atoms with E-state index in [1.54, 1.807) is 31.4 Å². The Bertz CT molecular complexity index is 1170. The van der Waals surface area contributed by atoms with Crippen LogP contribution in [0.1, 0.15) is 27.6 Å². The largest absolute Gasteiger partial charge is 0.507 e. The molecule has 4 rings (SSSR count). The number of aryl methyl sites for hydroxylation is 1. The van der Waals surface area contributed by atoms with Gasteiger partial charge in [-0.05, 0) is 53.8 Å². The highest BCUT2D eigenvalue weighted by atomic mass is 79.9. The molecule has 1 aliphatic rings.